The maximum atomic E-state index is 12.1. The van der Waals surface area contributed by atoms with E-state index >= 15 is 0 Å². The van der Waals surface area contributed by atoms with Crippen LogP contribution in [0.25, 0.3) is 0 Å². The van der Waals surface area contributed by atoms with Crippen LogP contribution in [0.3, 0.4) is 0 Å². The summed E-state index contributed by atoms with van der Waals surface area (Å²) in [6.07, 6.45) is 1.58. The van der Waals surface area contributed by atoms with Crippen molar-refractivity contribution in [2.75, 3.05) is 27.3 Å². The topological polar surface area (TPSA) is 72.5 Å². The van der Waals surface area contributed by atoms with E-state index in [1.807, 2.05) is 0 Å². The van der Waals surface area contributed by atoms with Crippen LogP contribution in [0.15, 0.2) is 18.3 Å². The Morgan fingerprint density at radius 2 is 2.33 bits per heavy atom. The number of carbonyl (C=O) groups excluding carboxylic acids is 1. The first-order chi connectivity index (χ1) is 8.76. The molecule has 1 unspecified atom stereocenters. The Balaban J connectivity index is 2.07. The molecule has 2 atom stereocenters. The van der Waals surface area contributed by atoms with Crippen molar-refractivity contribution in [3.05, 3.63) is 23.9 Å². The molecule has 1 saturated heterocycles. The third-order valence-electron chi connectivity index (χ3n) is 2.99. The van der Waals surface area contributed by atoms with Gasteiger partial charge in [-0.3, -0.25) is 4.79 Å². The molecule has 1 aromatic heterocycles. The highest BCUT2D eigenvalue weighted by molar-refractivity contribution is 5.96. The molecule has 1 amide bonds. The number of nitrogens with one attached hydrogen (secondary N) is 2. The number of ether oxygens (including phenoxy) is 2. The Morgan fingerprint density at radius 3 is 3.06 bits per heavy atom. The summed E-state index contributed by atoms with van der Waals surface area (Å²) in [6.45, 7) is 1.44. The van der Waals surface area contributed by atoms with Gasteiger partial charge in [0.05, 0.1) is 19.3 Å². The number of methoxy groups -OCH3 is 2. The standard InChI is InChI=1S/C12H17N3O3/c1-17-10-7-13-6-9(10)15-11(16)8-4-3-5-14-12(8)18-2/h3-5,9-10,13H,6-7H2,1-2H3,(H,15,16)/t9?,10-/m0/s1. The molecule has 0 aliphatic carbocycles. The zero-order chi connectivity index (χ0) is 13.0. The minimum atomic E-state index is -0.198. The third kappa shape index (κ3) is 2.60. The van der Waals surface area contributed by atoms with Gasteiger partial charge >= 0.3 is 0 Å². The lowest BCUT2D eigenvalue weighted by atomic mass is 10.2. The Bertz CT molecular complexity index is 425. The molecule has 1 aliphatic rings. The monoisotopic (exact) mass is 251 g/mol. The first-order valence-corrected chi connectivity index (χ1v) is 5.79. The molecular weight excluding hydrogens is 234 g/mol. The third-order valence-corrected chi connectivity index (χ3v) is 2.99. The predicted molar refractivity (Wildman–Crippen MR) is 65.7 cm³/mol. The zero-order valence-corrected chi connectivity index (χ0v) is 10.5. The highest BCUT2D eigenvalue weighted by Gasteiger charge is 2.29. The van der Waals surface area contributed by atoms with Crippen molar-refractivity contribution < 1.29 is 14.3 Å². The summed E-state index contributed by atoms with van der Waals surface area (Å²) >= 11 is 0. The summed E-state index contributed by atoms with van der Waals surface area (Å²) in [6, 6.07) is 3.36. The van der Waals surface area contributed by atoms with Crippen molar-refractivity contribution in [2.45, 2.75) is 12.1 Å². The Hall–Kier alpha value is -1.66. The molecule has 0 radical (unpaired) electrons. The van der Waals surface area contributed by atoms with Gasteiger partial charge in [-0.05, 0) is 12.1 Å². The molecule has 6 heteroatoms. The van der Waals surface area contributed by atoms with E-state index in [1.165, 1.54) is 7.11 Å². The highest BCUT2D eigenvalue weighted by atomic mass is 16.5. The van der Waals surface area contributed by atoms with E-state index in [0.29, 0.717) is 18.0 Å². The van der Waals surface area contributed by atoms with Crippen LogP contribution in [0.5, 0.6) is 5.88 Å². The Kier molecular flexibility index (Phi) is 4.11. The summed E-state index contributed by atoms with van der Waals surface area (Å²) in [4.78, 5) is 16.1. The van der Waals surface area contributed by atoms with Gasteiger partial charge in [0.1, 0.15) is 5.56 Å². The second kappa shape index (κ2) is 5.79. The lowest BCUT2D eigenvalue weighted by Crippen LogP contribution is -2.43. The first-order valence-electron chi connectivity index (χ1n) is 5.79. The molecule has 2 rings (SSSR count). The Morgan fingerprint density at radius 1 is 1.50 bits per heavy atom. The Labute approximate surface area is 106 Å². The molecule has 1 fully saturated rings. The van der Waals surface area contributed by atoms with Crippen molar-refractivity contribution in [1.82, 2.24) is 15.6 Å². The average Bonchev–Trinajstić information content (AvgIpc) is 2.85. The van der Waals surface area contributed by atoms with Gasteiger partial charge in [0, 0.05) is 26.4 Å². The molecule has 6 nitrogen and oxygen atoms in total. The fourth-order valence-electron chi connectivity index (χ4n) is 2.02. The molecule has 2 N–H and O–H groups in total. The predicted octanol–water partition coefficient (Wildman–Crippen LogP) is -0.193. The highest BCUT2D eigenvalue weighted by Crippen LogP contribution is 2.14. The molecule has 0 saturated carbocycles. The molecule has 98 valence electrons. The van der Waals surface area contributed by atoms with Crippen molar-refractivity contribution in [1.29, 1.82) is 0 Å². The lowest BCUT2D eigenvalue weighted by molar-refractivity contribution is 0.0777. The van der Waals surface area contributed by atoms with Gasteiger partial charge < -0.3 is 20.1 Å². The molecule has 2 heterocycles. The van der Waals surface area contributed by atoms with Gasteiger partial charge in [0.15, 0.2) is 0 Å². The van der Waals surface area contributed by atoms with Crippen LogP contribution in [-0.4, -0.2) is 50.3 Å². The second-order valence-electron chi connectivity index (χ2n) is 4.07. The van der Waals surface area contributed by atoms with E-state index in [0.717, 1.165) is 6.54 Å². The van der Waals surface area contributed by atoms with Crippen molar-refractivity contribution in [3.8, 4) is 5.88 Å². The van der Waals surface area contributed by atoms with Crippen LogP contribution in [0.2, 0.25) is 0 Å². The summed E-state index contributed by atoms with van der Waals surface area (Å²) in [5.41, 5.74) is 0.432. The van der Waals surface area contributed by atoms with Crippen LogP contribution < -0.4 is 15.4 Å². The van der Waals surface area contributed by atoms with Crippen LogP contribution in [0.4, 0.5) is 0 Å². The van der Waals surface area contributed by atoms with E-state index in [9.17, 15) is 4.79 Å². The molecule has 18 heavy (non-hydrogen) atoms. The number of carbonyl (C=O) groups is 1. The normalized spacial score (nSPS) is 22.8. The quantitative estimate of drug-likeness (QED) is 0.776. The minimum Gasteiger partial charge on any atom is -0.480 e. The van der Waals surface area contributed by atoms with E-state index in [4.69, 9.17) is 9.47 Å². The van der Waals surface area contributed by atoms with Gasteiger partial charge in [-0.25, -0.2) is 4.98 Å². The number of amides is 1. The SMILES string of the molecule is COc1ncccc1C(=O)NC1CNC[C@@H]1OC. The smallest absolute Gasteiger partial charge is 0.257 e. The van der Waals surface area contributed by atoms with E-state index in [-0.39, 0.29) is 18.1 Å². The second-order valence-corrected chi connectivity index (χ2v) is 4.07. The van der Waals surface area contributed by atoms with Crippen LogP contribution in [-0.2, 0) is 4.74 Å². The van der Waals surface area contributed by atoms with E-state index in [1.54, 1.807) is 25.4 Å². The van der Waals surface area contributed by atoms with E-state index in [2.05, 4.69) is 15.6 Å². The number of nitrogens with zero attached hydrogens (tertiary/aromatic N) is 1. The maximum absolute atomic E-state index is 12.1. The van der Waals surface area contributed by atoms with Crippen molar-refractivity contribution in [2.24, 2.45) is 0 Å². The van der Waals surface area contributed by atoms with E-state index < -0.39 is 0 Å². The van der Waals surface area contributed by atoms with Gasteiger partial charge in [0.2, 0.25) is 5.88 Å². The zero-order valence-electron chi connectivity index (χ0n) is 10.5. The van der Waals surface area contributed by atoms with Gasteiger partial charge in [-0.2, -0.15) is 0 Å². The van der Waals surface area contributed by atoms with Crippen LogP contribution >= 0.6 is 0 Å². The van der Waals surface area contributed by atoms with Crippen LogP contribution in [0.1, 0.15) is 10.4 Å². The van der Waals surface area contributed by atoms with Gasteiger partial charge in [0.25, 0.3) is 5.91 Å². The maximum Gasteiger partial charge on any atom is 0.257 e. The van der Waals surface area contributed by atoms with Gasteiger partial charge in [-0.1, -0.05) is 0 Å². The van der Waals surface area contributed by atoms with Crippen molar-refractivity contribution in [3.63, 3.8) is 0 Å². The fraction of sp³-hybridized carbons (Fsp3) is 0.500. The molecule has 1 aromatic rings. The number of hydrogen-bond donors (Lipinski definition) is 2. The summed E-state index contributed by atoms with van der Waals surface area (Å²) in [5.74, 6) is 0.130. The molecule has 1 aliphatic heterocycles. The summed E-state index contributed by atoms with van der Waals surface area (Å²) < 4.78 is 10.4. The molecular formula is C12H17N3O3. The largest absolute Gasteiger partial charge is 0.480 e. The lowest BCUT2D eigenvalue weighted by Gasteiger charge is -2.18. The summed E-state index contributed by atoms with van der Waals surface area (Å²) in [5, 5.41) is 6.10. The van der Waals surface area contributed by atoms with Crippen molar-refractivity contribution >= 4 is 5.91 Å². The average molecular weight is 251 g/mol. The summed E-state index contributed by atoms with van der Waals surface area (Å²) in [7, 11) is 3.13. The fourth-order valence-corrected chi connectivity index (χ4v) is 2.02. The minimum absolute atomic E-state index is 0.00313. The molecule has 0 bridgehead atoms. The number of pyridine rings is 1. The first kappa shape index (κ1) is 12.8. The number of aromatic nitrogens is 1. The number of rotatable bonds is 4. The van der Waals surface area contributed by atoms with Crippen LogP contribution in [0, 0.1) is 0 Å². The number of hydrogen-bond acceptors (Lipinski definition) is 5. The molecule has 0 aromatic carbocycles. The molecule has 0 spiro atoms. The van der Waals surface area contributed by atoms with Gasteiger partial charge in [-0.15, -0.1) is 0 Å².